The molecule has 0 fully saturated rings. The number of aryl methyl sites for hydroxylation is 2. The highest BCUT2D eigenvalue weighted by atomic mass is 16.2. The molecule has 0 aromatic carbocycles. The Kier molecular flexibility index (Phi) is 3.49. The molecule has 118 valence electrons. The van der Waals surface area contributed by atoms with Gasteiger partial charge in [0, 0.05) is 39.6 Å². The zero-order valence-electron chi connectivity index (χ0n) is 12.8. The van der Waals surface area contributed by atoms with E-state index in [9.17, 15) is 9.59 Å². The number of hydrogen-bond donors (Lipinski definition) is 2. The van der Waals surface area contributed by atoms with Crippen LogP contribution in [0.25, 0.3) is 11.2 Å². The molecule has 2 aromatic rings. The minimum atomic E-state index is -0.334. The summed E-state index contributed by atoms with van der Waals surface area (Å²) in [5, 5.41) is 1.81. The fraction of sp³-hybridized carbons (Fsp3) is 0.462. The van der Waals surface area contributed by atoms with E-state index in [2.05, 4.69) is 15.9 Å². The van der Waals surface area contributed by atoms with E-state index in [1.165, 1.54) is 9.13 Å². The van der Waals surface area contributed by atoms with Crippen LogP contribution in [0.1, 0.15) is 12.8 Å². The van der Waals surface area contributed by atoms with Crippen LogP contribution >= 0.6 is 0 Å². The Bertz CT molecular complexity index is 858. The maximum Gasteiger partial charge on any atom is 0.332 e. The van der Waals surface area contributed by atoms with Gasteiger partial charge < -0.3 is 9.99 Å². The first kappa shape index (κ1) is 14.4. The van der Waals surface area contributed by atoms with E-state index < -0.39 is 0 Å². The van der Waals surface area contributed by atoms with E-state index in [1.807, 2.05) is 18.3 Å². The minimum absolute atomic E-state index is 0.290. The standard InChI is InChI=1S/C13H19N7O2/c1-17-8-14-11-10(17)12(21)20(13(22)19(11)3)6-4-5-9-7-18(2)16-15-9/h7-8,15-16H,4-6H2,1-3H3. The second-order valence-electron chi connectivity index (χ2n) is 5.43. The van der Waals surface area contributed by atoms with Crippen molar-refractivity contribution < 1.29 is 0 Å². The largest absolute Gasteiger partial charge is 0.332 e. The Labute approximate surface area is 126 Å². The van der Waals surface area contributed by atoms with Crippen molar-refractivity contribution in [3.05, 3.63) is 39.1 Å². The second kappa shape index (κ2) is 5.34. The normalized spacial score (nSPS) is 14.5. The highest BCUT2D eigenvalue weighted by Gasteiger charge is 2.15. The smallest absolute Gasteiger partial charge is 0.328 e. The maximum absolute atomic E-state index is 12.5. The summed E-state index contributed by atoms with van der Waals surface area (Å²) in [5.74, 6) is 0. The number of allylic oxidation sites excluding steroid dienone is 1. The topological polar surface area (TPSA) is 89.1 Å². The van der Waals surface area contributed by atoms with Crippen molar-refractivity contribution in [1.82, 2.24) is 34.7 Å². The molecular formula is C13H19N7O2. The van der Waals surface area contributed by atoms with Crippen LogP contribution in [0, 0.1) is 0 Å². The molecule has 0 saturated carbocycles. The molecule has 3 rings (SSSR count). The van der Waals surface area contributed by atoms with Gasteiger partial charge in [0.2, 0.25) is 0 Å². The van der Waals surface area contributed by atoms with Gasteiger partial charge in [-0.1, -0.05) is 0 Å². The molecule has 9 nitrogen and oxygen atoms in total. The van der Waals surface area contributed by atoms with Crippen molar-refractivity contribution in [2.45, 2.75) is 19.4 Å². The van der Waals surface area contributed by atoms with Crippen molar-refractivity contribution in [2.75, 3.05) is 7.05 Å². The predicted molar refractivity (Wildman–Crippen MR) is 81.6 cm³/mol. The number of hydrazine groups is 2. The number of rotatable bonds is 4. The first-order valence-corrected chi connectivity index (χ1v) is 7.05. The number of hydrogen-bond acceptors (Lipinski definition) is 6. The van der Waals surface area contributed by atoms with Crippen LogP contribution in [0.3, 0.4) is 0 Å². The van der Waals surface area contributed by atoms with Gasteiger partial charge in [0.15, 0.2) is 11.2 Å². The lowest BCUT2D eigenvalue weighted by Gasteiger charge is -2.09. The molecule has 0 atom stereocenters. The average Bonchev–Trinajstić information content (AvgIpc) is 3.06. The van der Waals surface area contributed by atoms with Crippen LogP contribution in [-0.4, -0.2) is 30.7 Å². The molecule has 0 amide bonds. The molecule has 2 N–H and O–H groups in total. The summed E-state index contributed by atoms with van der Waals surface area (Å²) in [5.41, 5.74) is 7.20. The summed E-state index contributed by atoms with van der Waals surface area (Å²) in [4.78, 5) is 28.9. The molecule has 3 heterocycles. The number of nitrogens with zero attached hydrogens (tertiary/aromatic N) is 5. The fourth-order valence-electron chi connectivity index (χ4n) is 2.61. The number of nitrogens with one attached hydrogen (secondary N) is 2. The second-order valence-corrected chi connectivity index (χ2v) is 5.43. The third-order valence-corrected chi connectivity index (χ3v) is 3.77. The molecule has 0 saturated heterocycles. The summed E-state index contributed by atoms with van der Waals surface area (Å²) in [6.45, 7) is 0.370. The SMILES string of the molecule is CN1C=C(CCCn2c(=O)c3c(ncn3C)n(C)c2=O)NN1. The first-order valence-electron chi connectivity index (χ1n) is 7.05. The lowest BCUT2D eigenvalue weighted by molar-refractivity contribution is 0.326. The predicted octanol–water partition coefficient (Wildman–Crippen LogP) is -0.990. The van der Waals surface area contributed by atoms with E-state index in [1.54, 1.807) is 25.0 Å². The summed E-state index contributed by atoms with van der Waals surface area (Å²) < 4.78 is 4.34. The number of aromatic nitrogens is 4. The average molecular weight is 305 g/mol. The van der Waals surface area contributed by atoms with Gasteiger partial charge in [-0.25, -0.2) is 9.78 Å². The first-order chi connectivity index (χ1) is 10.5. The van der Waals surface area contributed by atoms with Gasteiger partial charge in [0.1, 0.15) is 0 Å². The van der Waals surface area contributed by atoms with Crippen LogP contribution in [0.2, 0.25) is 0 Å². The van der Waals surface area contributed by atoms with Crippen LogP contribution in [0.4, 0.5) is 0 Å². The zero-order valence-corrected chi connectivity index (χ0v) is 12.8. The van der Waals surface area contributed by atoms with Gasteiger partial charge in [0.25, 0.3) is 5.56 Å². The van der Waals surface area contributed by atoms with Crippen molar-refractivity contribution in [3.63, 3.8) is 0 Å². The van der Waals surface area contributed by atoms with E-state index in [0.717, 1.165) is 12.1 Å². The molecule has 9 heteroatoms. The number of fused-ring (bicyclic) bond motifs is 1. The summed E-state index contributed by atoms with van der Waals surface area (Å²) in [6, 6.07) is 0. The quantitative estimate of drug-likeness (QED) is 0.754. The molecule has 0 aliphatic carbocycles. The molecule has 1 aliphatic heterocycles. The Morgan fingerprint density at radius 1 is 1.23 bits per heavy atom. The van der Waals surface area contributed by atoms with Crippen molar-refractivity contribution in [2.24, 2.45) is 14.1 Å². The number of imidazole rings is 1. The minimum Gasteiger partial charge on any atom is -0.328 e. The van der Waals surface area contributed by atoms with E-state index in [0.29, 0.717) is 24.1 Å². The van der Waals surface area contributed by atoms with Crippen LogP contribution < -0.4 is 22.2 Å². The Morgan fingerprint density at radius 3 is 2.68 bits per heavy atom. The van der Waals surface area contributed by atoms with Gasteiger partial charge in [-0.05, 0) is 12.8 Å². The highest BCUT2D eigenvalue weighted by molar-refractivity contribution is 5.69. The third kappa shape index (κ3) is 2.29. The Hall–Kier alpha value is -2.55. The monoisotopic (exact) mass is 305 g/mol. The van der Waals surface area contributed by atoms with Gasteiger partial charge in [-0.15, -0.1) is 5.53 Å². The van der Waals surface area contributed by atoms with Crippen molar-refractivity contribution >= 4 is 11.2 Å². The van der Waals surface area contributed by atoms with E-state index >= 15 is 0 Å². The molecule has 0 radical (unpaired) electrons. The van der Waals surface area contributed by atoms with Crippen LogP contribution in [0.15, 0.2) is 27.8 Å². The Morgan fingerprint density at radius 2 is 2.00 bits per heavy atom. The maximum atomic E-state index is 12.5. The molecule has 0 spiro atoms. The van der Waals surface area contributed by atoms with Gasteiger partial charge >= 0.3 is 5.69 Å². The van der Waals surface area contributed by atoms with Crippen molar-refractivity contribution in [1.29, 1.82) is 0 Å². The van der Waals surface area contributed by atoms with Gasteiger partial charge in [-0.2, -0.15) is 0 Å². The molecule has 0 unspecified atom stereocenters. The fourth-order valence-corrected chi connectivity index (χ4v) is 2.61. The van der Waals surface area contributed by atoms with E-state index in [4.69, 9.17) is 0 Å². The summed E-state index contributed by atoms with van der Waals surface area (Å²) >= 11 is 0. The Balaban J connectivity index is 1.88. The van der Waals surface area contributed by atoms with Gasteiger partial charge in [-0.3, -0.25) is 18.9 Å². The van der Waals surface area contributed by atoms with Crippen molar-refractivity contribution in [3.8, 4) is 0 Å². The lowest BCUT2D eigenvalue weighted by atomic mass is 10.2. The summed E-state index contributed by atoms with van der Waals surface area (Å²) in [7, 11) is 5.27. The molecule has 2 aromatic heterocycles. The lowest BCUT2D eigenvalue weighted by Crippen LogP contribution is -2.39. The molecule has 0 bridgehead atoms. The molecular weight excluding hydrogens is 286 g/mol. The van der Waals surface area contributed by atoms with Crippen LogP contribution in [0.5, 0.6) is 0 Å². The van der Waals surface area contributed by atoms with Crippen LogP contribution in [-0.2, 0) is 20.6 Å². The van der Waals surface area contributed by atoms with Gasteiger partial charge in [0.05, 0.1) is 6.33 Å². The molecule has 1 aliphatic rings. The third-order valence-electron chi connectivity index (χ3n) is 3.77. The highest BCUT2D eigenvalue weighted by Crippen LogP contribution is 2.07. The molecule has 22 heavy (non-hydrogen) atoms. The van der Waals surface area contributed by atoms with E-state index in [-0.39, 0.29) is 11.2 Å². The zero-order chi connectivity index (χ0) is 15.9. The summed E-state index contributed by atoms with van der Waals surface area (Å²) in [6.07, 6.45) is 4.92.